The molecule has 6 nitrogen and oxygen atoms in total. The molecule has 0 aromatic rings. The third-order valence-electron chi connectivity index (χ3n) is 1.66. The second-order valence-corrected chi connectivity index (χ2v) is 4.86. The fourth-order valence-corrected chi connectivity index (χ4v) is 1.28. The minimum absolute atomic E-state index is 0.0168. The number of hydrogen-bond acceptors (Lipinski definition) is 4. The van der Waals surface area contributed by atoms with E-state index in [2.05, 4.69) is 14.8 Å². The normalized spacial score (nSPS) is 12.2. The number of alkyl halides is 3. The molecule has 0 saturated heterocycles. The van der Waals surface area contributed by atoms with Crippen LogP contribution in [0.25, 0.3) is 0 Å². The van der Waals surface area contributed by atoms with Gasteiger partial charge in [0.05, 0.1) is 6.61 Å². The lowest BCUT2D eigenvalue weighted by atomic mass is 10.4. The molecule has 10 heteroatoms. The van der Waals surface area contributed by atoms with E-state index in [9.17, 15) is 26.4 Å². The topological polar surface area (TPSA) is 84.5 Å². The van der Waals surface area contributed by atoms with Crippen molar-refractivity contribution >= 4 is 16.1 Å². The van der Waals surface area contributed by atoms with E-state index in [1.54, 1.807) is 0 Å². The fourth-order valence-electron chi connectivity index (χ4n) is 0.811. The van der Waals surface area contributed by atoms with Gasteiger partial charge in [0.1, 0.15) is 0 Å². The van der Waals surface area contributed by atoms with Crippen molar-refractivity contribution in [3.8, 4) is 0 Å². The summed E-state index contributed by atoms with van der Waals surface area (Å²) in [6.45, 7) is 1.71. The maximum atomic E-state index is 11.8. The van der Waals surface area contributed by atoms with E-state index in [0.29, 0.717) is 6.54 Å². The van der Waals surface area contributed by atoms with Crippen molar-refractivity contribution in [3.63, 3.8) is 0 Å². The lowest BCUT2D eigenvalue weighted by Crippen LogP contribution is -2.36. The first-order valence-corrected chi connectivity index (χ1v) is 6.59. The van der Waals surface area contributed by atoms with Crippen LogP contribution in [-0.4, -0.2) is 39.7 Å². The Labute approximate surface area is 103 Å². The summed E-state index contributed by atoms with van der Waals surface area (Å²) in [4.78, 5) is 11.0. The molecule has 0 saturated carbocycles. The molecular weight excluding hydrogens is 277 g/mol. The maximum absolute atomic E-state index is 11.8. The second-order valence-electron chi connectivity index (χ2n) is 3.26. The van der Waals surface area contributed by atoms with Gasteiger partial charge in [-0.3, -0.25) is 4.18 Å². The fraction of sp³-hybridized carbons (Fsp3) is 0.875. The van der Waals surface area contributed by atoms with Gasteiger partial charge in [-0.05, 0) is 12.8 Å². The monoisotopic (exact) mass is 292 g/mol. The molecule has 18 heavy (non-hydrogen) atoms. The van der Waals surface area contributed by atoms with Crippen molar-refractivity contribution < 1.29 is 30.6 Å². The number of nitrogens with one attached hydrogen (secondary N) is 2. The van der Waals surface area contributed by atoms with Crippen LogP contribution in [0, 0.1) is 0 Å². The molecule has 0 rings (SSSR count). The van der Waals surface area contributed by atoms with E-state index < -0.39 is 28.3 Å². The van der Waals surface area contributed by atoms with Gasteiger partial charge in [-0.25, -0.2) is 4.79 Å². The number of carbonyl (C=O) groups excluding carboxylic acids is 1. The number of rotatable bonds is 7. The molecule has 0 heterocycles. The van der Waals surface area contributed by atoms with Crippen LogP contribution in [0.15, 0.2) is 0 Å². The SMILES string of the molecule is CCCNC(=O)NCCCOS(=O)(=O)C(F)(F)F. The molecule has 0 aliphatic heterocycles. The summed E-state index contributed by atoms with van der Waals surface area (Å²) in [5, 5.41) is 4.81. The van der Waals surface area contributed by atoms with Gasteiger partial charge in [-0.15, -0.1) is 0 Å². The van der Waals surface area contributed by atoms with Crippen molar-refractivity contribution in [1.29, 1.82) is 0 Å². The molecule has 0 aliphatic carbocycles. The smallest absolute Gasteiger partial charge is 0.338 e. The zero-order chi connectivity index (χ0) is 14.2. The van der Waals surface area contributed by atoms with E-state index in [1.165, 1.54) is 0 Å². The summed E-state index contributed by atoms with van der Waals surface area (Å²) < 4.78 is 60.1. The Bertz CT molecular complexity index is 356. The Kier molecular flexibility index (Phi) is 6.99. The predicted octanol–water partition coefficient (Wildman–Crippen LogP) is 0.952. The number of hydrogen-bond donors (Lipinski definition) is 2. The van der Waals surface area contributed by atoms with Gasteiger partial charge < -0.3 is 10.6 Å². The van der Waals surface area contributed by atoms with Crippen molar-refractivity contribution in [1.82, 2.24) is 10.6 Å². The summed E-state index contributed by atoms with van der Waals surface area (Å²) in [6, 6.07) is -0.462. The molecular formula is C8H15F3N2O4S. The summed E-state index contributed by atoms with van der Waals surface area (Å²) in [6.07, 6.45) is 0.704. The summed E-state index contributed by atoms with van der Waals surface area (Å²) in [5.41, 5.74) is -5.42. The zero-order valence-electron chi connectivity index (χ0n) is 9.71. The molecule has 0 radical (unpaired) electrons. The molecule has 0 atom stereocenters. The van der Waals surface area contributed by atoms with E-state index in [1.807, 2.05) is 6.92 Å². The molecule has 0 bridgehead atoms. The zero-order valence-corrected chi connectivity index (χ0v) is 10.5. The largest absolute Gasteiger partial charge is 0.523 e. The van der Waals surface area contributed by atoms with Crippen LogP contribution in [0.2, 0.25) is 0 Å². The molecule has 0 aromatic carbocycles. The van der Waals surface area contributed by atoms with Crippen LogP contribution in [0.5, 0.6) is 0 Å². The van der Waals surface area contributed by atoms with Crippen molar-refractivity contribution in [2.75, 3.05) is 19.7 Å². The third kappa shape index (κ3) is 6.64. The number of urea groups is 1. The van der Waals surface area contributed by atoms with E-state index >= 15 is 0 Å². The highest BCUT2D eigenvalue weighted by atomic mass is 32.2. The highest BCUT2D eigenvalue weighted by Crippen LogP contribution is 2.24. The molecule has 0 spiro atoms. The van der Waals surface area contributed by atoms with E-state index in [-0.39, 0.29) is 13.0 Å². The first-order chi connectivity index (χ1) is 8.20. The van der Waals surface area contributed by atoms with Crippen LogP contribution in [0.4, 0.5) is 18.0 Å². The van der Waals surface area contributed by atoms with Crippen molar-refractivity contribution in [2.24, 2.45) is 0 Å². The maximum Gasteiger partial charge on any atom is 0.523 e. The molecule has 2 amide bonds. The average Bonchev–Trinajstić information content (AvgIpc) is 2.24. The van der Waals surface area contributed by atoms with E-state index in [4.69, 9.17) is 0 Å². The summed E-state index contributed by atoms with van der Waals surface area (Å²) >= 11 is 0. The van der Waals surface area contributed by atoms with Gasteiger partial charge in [0.25, 0.3) is 0 Å². The quantitative estimate of drug-likeness (QED) is 0.416. The Morgan fingerprint density at radius 3 is 2.28 bits per heavy atom. The lowest BCUT2D eigenvalue weighted by molar-refractivity contribution is -0.0542. The van der Waals surface area contributed by atoms with Gasteiger partial charge in [0.15, 0.2) is 0 Å². The molecule has 0 aliphatic rings. The van der Waals surface area contributed by atoms with Crippen molar-refractivity contribution in [2.45, 2.75) is 25.3 Å². The Morgan fingerprint density at radius 1 is 1.22 bits per heavy atom. The van der Waals surface area contributed by atoms with Crippen LogP contribution in [0.3, 0.4) is 0 Å². The first-order valence-electron chi connectivity index (χ1n) is 5.18. The Morgan fingerprint density at radius 2 is 1.78 bits per heavy atom. The summed E-state index contributed by atoms with van der Waals surface area (Å²) in [7, 11) is -5.54. The van der Waals surface area contributed by atoms with Gasteiger partial charge >= 0.3 is 21.7 Å². The van der Waals surface area contributed by atoms with Gasteiger partial charge in [0.2, 0.25) is 0 Å². The van der Waals surface area contributed by atoms with Crippen LogP contribution in [-0.2, 0) is 14.3 Å². The van der Waals surface area contributed by atoms with Crippen LogP contribution < -0.4 is 10.6 Å². The highest BCUT2D eigenvalue weighted by Gasteiger charge is 2.47. The summed E-state index contributed by atoms with van der Waals surface area (Å²) in [5.74, 6) is 0. The van der Waals surface area contributed by atoms with Gasteiger partial charge in [-0.2, -0.15) is 21.6 Å². The molecule has 0 fully saturated rings. The van der Waals surface area contributed by atoms with Gasteiger partial charge in [-0.1, -0.05) is 6.92 Å². The number of halogens is 3. The second kappa shape index (κ2) is 7.41. The highest BCUT2D eigenvalue weighted by molar-refractivity contribution is 7.87. The molecule has 0 aromatic heterocycles. The molecule has 108 valence electrons. The molecule has 2 N–H and O–H groups in total. The average molecular weight is 292 g/mol. The predicted molar refractivity (Wildman–Crippen MR) is 57.2 cm³/mol. The minimum atomic E-state index is -5.54. The third-order valence-corrected chi connectivity index (χ3v) is 2.71. The first kappa shape index (κ1) is 17.0. The lowest BCUT2D eigenvalue weighted by Gasteiger charge is -2.09. The Hall–Kier alpha value is -1.03. The minimum Gasteiger partial charge on any atom is -0.338 e. The molecule has 0 unspecified atom stereocenters. The van der Waals surface area contributed by atoms with Crippen LogP contribution in [0.1, 0.15) is 19.8 Å². The van der Waals surface area contributed by atoms with E-state index in [0.717, 1.165) is 6.42 Å². The standard InChI is InChI=1S/C8H15F3N2O4S/c1-2-4-12-7(14)13-5-3-6-17-18(15,16)8(9,10)11/h2-6H2,1H3,(H2,12,13,14). The number of amides is 2. The Balaban J connectivity index is 3.73. The van der Waals surface area contributed by atoms with Crippen LogP contribution >= 0.6 is 0 Å². The van der Waals surface area contributed by atoms with Crippen molar-refractivity contribution in [3.05, 3.63) is 0 Å². The number of carbonyl (C=O) groups is 1. The van der Waals surface area contributed by atoms with Gasteiger partial charge in [0, 0.05) is 13.1 Å².